The molecule has 0 saturated carbocycles. The number of ether oxygens (including phenoxy) is 1. The van der Waals surface area contributed by atoms with Crippen LogP contribution in [0.4, 0.5) is 0 Å². The number of piperidine rings is 1. The van der Waals surface area contributed by atoms with Crippen molar-refractivity contribution in [3.8, 4) is 5.75 Å². The van der Waals surface area contributed by atoms with Crippen LogP contribution < -0.4 is 4.74 Å². The van der Waals surface area contributed by atoms with Crippen molar-refractivity contribution in [1.82, 2.24) is 10.0 Å². The first-order chi connectivity index (χ1) is 14.5. The second kappa shape index (κ2) is 9.56. The lowest BCUT2D eigenvalue weighted by atomic mass is 9.98. The Labute approximate surface area is 187 Å². The summed E-state index contributed by atoms with van der Waals surface area (Å²) in [6.07, 6.45) is 2.45. The van der Waals surface area contributed by atoms with Gasteiger partial charge in [-0.3, -0.25) is 9.80 Å². The number of halogens is 2. The van der Waals surface area contributed by atoms with Gasteiger partial charge in [-0.15, -0.1) is 0 Å². The van der Waals surface area contributed by atoms with Crippen LogP contribution in [0.15, 0.2) is 42.5 Å². The van der Waals surface area contributed by atoms with Crippen molar-refractivity contribution in [2.24, 2.45) is 5.92 Å². The average molecular weight is 449 g/mol. The summed E-state index contributed by atoms with van der Waals surface area (Å²) in [6.45, 7) is 2.57. The number of aliphatic hydroxyl groups excluding tert-OH is 1. The summed E-state index contributed by atoms with van der Waals surface area (Å²) >= 11 is 13.0. The molecular weight excluding hydrogens is 423 g/mol. The minimum atomic E-state index is -0.255. The van der Waals surface area contributed by atoms with Crippen LogP contribution in [0.25, 0.3) is 0 Å². The Morgan fingerprint density at radius 2 is 1.67 bits per heavy atom. The van der Waals surface area contributed by atoms with E-state index in [4.69, 9.17) is 27.9 Å². The summed E-state index contributed by atoms with van der Waals surface area (Å²) in [4.78, 5) is 13.0. The van der Waals surface area contributed by atoms with Crippen LogP contribution in [0.1, 0.15) is 30.4 Å². The molecular formula is C23H26Cl2N2O3. The Hall–Kier alpha value is -1.79. The standard InChI is InChI=1S/C23H26Cl2N2O3/c24-21-13-19(30-15-16-4-2-1-3-5-16)14-22(25)20(21)12-17-6-11-27(23(17)29)26-9-7-18(28)8-10-26/h1-5,13-14,17-18,28H,6-12,15H2. The zero-order valence-electron chi connectivity index (χ0n) is 16.8. The molecule has 1 amide bonds. The Bertz CT molecular complexity index is 862. The van der Waals surface area contributed by atoms with E-state index in [0.717, 1.165) is 17.5 Å². The fraction of sp³-hybridized carbons (Fsp3) is 0.435. The topological polar surface area (TPSA) is 53.0 Å². The molecule has 7 heteroatoms. The fourth-order valence-corrected chi connectivity index (χ4v) is 4.75. The van der Waals surface area contributed by atoms with E-state index >= 15 is 0 Å². The first kappa shape index (κ1) is 21.4. The van der Waals surface area contributed by atoms with Crippen molar-refractivity contribution >= 4 is 29.1 Å². The molecule has 0 bridgehead atoms. The maximum absolute atomic E-state index is 13.0. The van der Waals surface area contributed by atoms with Crippen LogP contribution in [0, 0.1) is 5.92 Å². The number of hydrogen-bond acceptors (Lipinski definition) is 4. The summed E-state index contributed by atoms with van der Waals surface area (Å²) in [5.74, 6) is 0.592. The summed E-state index contributed by atoms with van der Waals surface area (Å²) in [7, 11) is 0. The van der Waals surface area contributed by atoms with Crippen LogP contribution in [0.2, 0.25) is 10.0 Å². The number of aliphatic hydroxyl groups is 1. The van der Waals surface area contributed by atoms with Crippen molar-refractivity contribution < 1.29 is 14.6 Å². The van der Waals surface area contributed by atoms with Gasteiger partial charge in [-0.05, 0) is 48.9 Å². The third kappa shape index (κ3) is 4.92. The third-order valence-electron chi connectivity index (χ3n) is 5.89. The highest BCUT2D eigenvalue weighted by molar-refractivity contribution is 6.36. The number of carbonyl (C=O) groups excluding carboxylic acids is 1. The van der Waals surface area contributed by atoms with Crippen molar-refractivity contribution in [2.45, 2.75) is 38.4 Å². The minimum Gasteiger partial charge on any atom is -0.489 e. The molecule has 160 valence electrons. The zero-order valence-corrected chi connectivity index (χ0v) is 18.3. The first-order valence-electron chi connectivity index (χ1n) is 10.4. The van der Waals surface area contributed by atoms with Gasteiger partial charge in [0.1, 0.15) is 12.4 Å². The van der Waals surface area contributed by atoms with Gasteiger partial charge in [-0.1, -0.05) is 53.5 Å². The molecule has 2 aromatic rings. The van der Waals surface area contributed by atoms with Crippen LogP contribution in [-0.4, -0.2) is 46.8 Å². The molecule has 2 aliphatic heterocycles. The highest BCUT2D eigenvalue weighted by Crippen LogP contribution is 2.35. The first-order valence-corrected chi connectivity index (χ1v) is 11.2. The summed E-state index contributed by atoms with van der Waals surface area (Å²) in [5, 5.41) is 14.7. The Kier molecular flexibility index (Phi) is 6.84. The number of nitrogens with zero attached hydrogens (tertiary/aromatic N) is 2. The molecule has 1 atom stereocenters. The maximum Gasteiger partial charge on any atom is 0.240 e. The van der Waals surface area contributed by atoms with Crippen molar-refractivity contribution in [3.05, 3.63) is 63.6 Å². The lowest BCUT2D eigenvalue weighted by Gasteiger charge is -2.36. The normalized spacial score (nSPS) is 20.7. The molecule has 2 fully saturated rings. The molecule has 5 nitrogen and oxygen atoms in total. The molecule has 2 aromatic carbocycles. The zero-order chi connectivity index (χ0) is 21.1. The smallest absolute Gasteiger partial charge is 0.240 e. The largest absolute Gasteiger partial charge is 0.489 e. The van der Waals surface area contributed by atoms with Crippen LogP contribution in [0.5, 0.6) is 5.75 Å². The predicted octanol–water partition coefficient (Wildman–Crippen LogP) is 4.34. The Balaban J connectivity index is 1.39. The molecule has 2 saturated heterocycles. The molecule has 4 rings (SSSR count). The summed E-state index contributed by atoms with van der Waals surface area (Å²) < 4.78 is 5.83. The number of rotatable bonds is 6. The van der Waals surface area contributed by atoms with Gasteiger partial charge >= 0.3 is 0 Å². The van der Waals surface area contributed by atoms with E-state index in [1.807, 2.05) is 35.3 Å². The molecule has 2 heterocycles. The fourth-order valence-electron chi connectivity index (χ4n) is 4.13. The second-order valence-corrected chi connectivity index (χ2v) is 8.79. The van der Waals surface area contributed by atoms with E-state index in [9.17, 15) is 9.90 Å². The van der Waals surface area contributed by atoms with Crippen LogP contribution >= 0.6 is 23.2 Å². The van der Waals surface area contributed by atoms with E-state index in [0.29, 0.717) is 61.3 Å². The third-order valence-corrected chi connectivity index (χ3v) is 6.56. The van der Waals surface area contributed by atoms with Gasteiger partial charge in [-0.2, -0.15) is 0 Å². The maximum atomic E-state index is 13.0. The number of carbonyl (C=O) groups is 1. The molecule has 1 unspecified atom stereocenters. The highest BCUT2D eigenvalue weighted by Gasteiger charge is 2.37. The Morgan fingerprint density at radius 3 is 2.33 bits per heavy atom. The second-order valence-electron chi connectivity index (χ2n) is 7.98. The van der Waals surface area contributed by atoms with Crippen LogP contribution in [-0.2, 0) is 17.8 Å². The minimum absolute atomic E-state index is 0.114. The number of amides is 1. The highest BCUT2D eigenvalue weighted by atomic mass is 35.5. The molecule has 0 aromatic heterocycles. The summed E-state index contributed by atoms with van der Waals surface area (Å²) in [5.41, 5.74) is 1.86. The monoisotopic (exact) mass is 448 g/mol. The van der Waals surface area contributed by atoms with Gasteiger partial charge in [0, 0.05) is 35.6 Å². The molecule has 2 aliphatic rings. The molecule has 1 N–H and O–H groups in total. The Morgan fingerprint density at radius 1 is 1.00 bits per heavy atom. The van der Waals surface area contributed by atoms with Crippen molar-refractivity contribution in [1.29, 1.82) is 0 Å². The van der Waals surface area contributed by atoms with Gasteiger partial charge in [0.15, 0.2) is 0 Å². The lowest BCUT2D eigenvalue weighted by Crippen LogP contribution is -2.49. The number of hydrazine groups is 1. The van der Waals surface area contributed by atoms with Crippen molar-refractivity contribution in [2.75, 3.05) is 19.6 Å². The van der Waals surface area contributed by atoms with E-state index in [1.165, 1.54) is 0 Å². The SMILES string of the molecule is O=C1C(Cc2c(Cl)cc(OCc3ccccc3)cc2Cl)CCN1N1CCC(O)CC1. The number of benzene rings is 2. The van der Waals surface area contributed by atoms with Crippen molar-refractivity contribution in [3.63, 3.8) is 0 Å². The molecule has 30 heavy (non-hydrogen) atoms. The van der Waals surface area contributed by atoms with E-state index in [-0.39, 0.29) is 17.9 Å². The quantitative estimate of drug-likeness (QED) is 0.713. The molecule has 0 spiro atoms. The van der Waals surface area contributed by atoms with Gasteiger partial charge in [0.2, 0.25) is 5.91 Å². The van der Waals surface area contributed by atoms with Crippen LogP contribution in [0.3, 0.4) is 0 Å². The lowest BCUT2D eigenvalue weighted by molar-refractivity contribution is -0.149. The van der Waals surface area contributed by atoms with E-state index in [2.05, 4.69) is 5.01 Å². The van der Waals surface area contributed by atoms with Gasteiger partial charge < -0.3 is 9.84 Å². The van der Waals surface area contributed by atoms with Gasteiger partial charge in [0.25, 0.3) is 0 Å². The molecule has 0 radical (unpaired) electrons. The number of hydrogen-bond donors (Lipinski definition) is 1. The van der Waals surface area contributed by atoms with Gasteiger partial charge in [0.05, 0.1) is 6.10 Å². The summed E-state index contributed by atoms with van der Waals surface area (Å²) in [6, 6.07) is 13.4. The molecule has 0 aliphatic carbocycles. The predicted molar refractivity (Wildman–Crippen MR) is 118 cm³/mol. The average Bonchev–Trinajstić information content (AvgIpc) is 3.11. The van der Waals surface area contributed by atoms with E-state index < -0.39 is 0 Å². The van der Waals surface area contributed by atoms with Gasteiger partial charge in [-0.25, -0.2) is 5.01 Å². The van der Waals surface area contributed by atoms with E-state index in [1.54, 1.807) is 12.1 Å².